The Kier molecular flexibility index (Phi) is 5.00. The molecule has 1 heterocycles. The molecule has 2 nitrogen and oxygen atoms in total. The maximum atomic E-state index is 5.46. The van der Waals surface area contributed by atoms with Gasteiger partial charge in [0.2, 0.25) is 0 Å². The van der Waals surface area contributed by atoms with E-state index in [0.29, 0.717) is 0 Å². The molecule has 1 unspecified atom stereocenters. The third-order valence-corrected chi connectivity index (χ3v) is 4.20. The minimum atomic E-state index is 0.214. The predicted octanol–water partition coefficient (Wildman–Crippen LogP) is 4.02. The normalized spacial score (nSPS) is 12.4. The number of nitrogens with one attached hydrogen (secondary N) is 1. The van der Waals surface area contributed by atoms with Crippen LogP contribution in [0.25, 0.3) is 0 Å². The lowest BCUT2D eigenvalue weighted by molar-refractivity contribution is 0.408. The number of aryl methyl sites for hydroxylation is 1. The van der Waals surface area contributed by atoms with Crippen LogP contribution in [-0.2, 0) is 6.42 Å². The largest absolute Gasteiger partial charge is 0.496 e. The lowest BCUT2D eigenvalue weighted by Gasteiger charge is -2.19. The van der Waals surface area contributed by atoms with Gasteiger partial charge >= 0.3 is 0 Å². The van der Waals surface area contributed by atoms with E-state index in [1.165, 1.54) is 16.0 Å². The zero-order valence-corrected chi connectivity index (χ0v) is 12.6. The first-order chi connectivity index (χ1) is 9.30. The SMILES string of the molecule is CCNC(c1cccc(CC)c1)c1sccc1OC. The molecule has 2 aromatic rings. The molecule has 0 aliphatic carbocycles. The first-order valence-corrected chi connectivity index (χ1v) is 7.61. The Bertz CT molecular complexity index is 521. The van der Waals surface area contributed by atoms with Crippen LogP contribution in [0.15, 0.2) is 35.7 Å². The fourth-order valence-corrected chi connectivity index (χ4v) is 3.21. The number of benzene rings is 1. The van der Waals surface area contributed by atoms with Crippen LogP contribution in [0.3, 0.4) is 0 Å². The molecule has 102 valence electrons. The molecule has 0 fully saturated rings. The number of hydrogen-bond acceptors (Lipinski definition) is 3. The van der Waals surface area contributed by atoms with Crippen LogP contribution >= 0.6 is 11.3 Å². The summed E-state index contributed by atoms with van der Waals surface area (Å²) >= 11 is 1.74. The summed E-state index contributed by atoms with van der Waals surface area (Å²) in [6.45, 7) is 5.26. The van der Waals surface area contributed by atoms with Crippen molar-refractivity contribution in [2.24, 2.45) is 0 Å². The maximum absolute atomic E-state index is 5.46. The molecular formula is C16H21NOS. The topological polar surface area (TPSA) is 21.3 Å². The zero-order valence-electron chi connectivity index (χ0n) is 11.8. The van der Waals surface area contributed by atoms with Gasteiger partial charge in [-0.3, -0.25) is 0 Å². The van der Waals surface area contributed by atoms with E-state index in [1.54, 1.807) is 18.4 Å². The van der Waals surface area contributed by atoms with Crippen molar-refractivity contribution in [2.45, 2.75) is 26.3 Å². The Morgan fingerprint density at radius 3 is 2.79 bits per heavy atom. The highest BCUT2D eigenvalue weighted by Gasteiger charge is 2.18. The van der Waals surface area contributed by atoms with Crippen LogP contribution in [0.4, 0.5) is 0 Å². The van der Waals surface area contributed by atoms with E-state index in [1.807, 2.05) is 6.07 Å². The fraction of sp³-hybridized carbons (Fsp3) is 0.375. The summed E-state index contributed by atoms with van der Waals surface area (Å²) in [4.78, 5) is 1.25. The van der Waals surface area contributed by atoms with E-state index >= 15 is 0 Å². The van der Waals surface area contributed by atoms with Crippen molar-refractivity contribution in [1.82, 2.24) is 5.32 Å². The molecule has 1 N–H and O–H groups in total. The number of ether oxygens (including phenoxy) is 1. The molecule has 0 bridgehead atoms. The van der Waals surface area contributed by atoms with Gasteiger partial charge in [0.15, 0.2) is 0 Å². The first-order valence-electron chi connectivity index (χ1n) is 6.73. The molecule has 19 heavy (non-hydrogen) atoms. The molecule has 1 aromatic carbocycles. The van der Waals surface area contributed by atoms with Crippen LogP contribution in [0, 0.1) is 0 Å². The molecule has 0 spiro atoms. The number of hydrogen-bond donors (Lipinski definition) is 1. The van der Waals surface area contributed by atoms with Crippen molar-refractivity contribution >= 4 is 11.3 Å². The van der Waals surface area contributed by atoms with Gasteiger partial charge in [-0.2, -0.15) is 0 Å². The number of methoxy groups -OCH3 is 1. The van der Waals surface area contributed by atoms with E-state index in [9.17, 15) is 0 Å². The summed E-state index contributed by atoms with van der Waals surface area (Å²) in [6, 6.07) is 11.0. The van der Waals surface area contributed by atoms with E-state index in [4.69, 9.17) is 4.74 Å². The quantitative estimate of drug-likeness (QED) is 0.860. The van der Waals surface area contributed by atoms with Gasteiger partial charge in [-0.05, 0) is 35.5 Å². The molecule has 1 atom stereocenters. The van der Waals surface area contributed by atoms with Gasteiger partial charge in [0.25, 0.3) is 0 Å². The fourth-order valence-electron chi connectivity index (χ4n) is 2.25. The Labute approximate surface area is 119 Å². The van der Waals surface area contributed by atoms with Gasteiger partial charge in [-0.25, -0.2) is 0 Å². The van der Waals surface area contributed by atoms with Crippen LogP contribution in [-0.4, -0.2) is 13.7 Å². The lowest BCUT2D eigenvalue weighted by atomic mass is 10.0. The molecule has 0 saturated carbocycles. The van der Waals surface area contributed by atoms with E-state index in [0.717, 1.165) is 18.7 Å². The summed E-state index contributed by atoms with van der Waals surface area (Å²) in [6.07, 6.45) is 1.06. The van der Waals surface area contributed by atoms with Gasteiger partial charge < -0.3 is 10.1 Å². The molecule has 0 aliphatic heterocycles. The minimum absolute atomic E-state index is 0.214. The smallest absolute Gasteiger partial charge is 0.134 e. The van der Waals surface area contributed by atoms with Crippen LogP contribution in [0.5, 0.6) is 5.75 Å². The molecule has 3 heteroatoms. The van der Waals surface area contributed by atoms with Crippen LogP contribution < -0.4 is 10.1 Å². The van der Waals surface area contributed by atoms with Crippen molar-refractivity contribution in [3.05, 3.63) is 51.7 Å². The highest BCUT2D eigenvalue weighted by molar-refractivity contribution is 7.10. The third-order valence-electron chi connectivity index (χ3n) is 3.24. The Balaban J connectivity index is 2.39. The van der Waals surface area contributed by atoms with Crippen molar-refractivity contribution in [2.75, 3.05) is 13.7 Å². The molecule has 0 aliphatic rings. The average molecular weight is 275 g/mol. The number of thiophene rings is 1. The minimum Gasteiger partial charge on any atom is -0.496 e. The van der Waals surface area contributed by atoms with Gasteiger partial charge in [0.1, 0.15) is 5.75 Å². The lowest BCUT2D eigenvalue weighted by Crippen LogP contribution is -2.21. The van der Waals surface area contributed by atoms with Crippen molar-refractivity contribution in [1.29, 1.82) is 0 Å². The monoisotopic (exact) mass is 275 g/mol. The average Bonchev–Trinajstić information content (AvgIpc) is 2.93. The summed E-state index contributed by atoms with van der Waals surface area (Å²) < 4.78 is 5.46. The molecule has 0 radical (unpaired) electrons. The second-order valence-electron chi connectivity index (χ2n) is 4.44. The van der Waals surface area contributed by atoms with Crippen molar-refractivity contribution in [3.8, 4) is 5.75 Å². The highest BCUT2D eigenvalue weighted by Crippen LogP contribution is 2.34. The van der Waals surface area contributed by atoms with E-state index in [2.05, 4.69) is 48.8 Å². The van der Waals surface area contributed by atoms with Gasteiger partial charge in [-0.1, -0.05) is 38.1 Å². The molecule has 1 aromatic heterocycles. The van der Waals surface area contributed by atoms with Crippen molar-refractivity contribution < 1.29 is 4.74 Å². The maximum Gasteiger partial charge on any atom is 0.134 e. The summed E-state index contributed by atoms with van der Waals surface area (Å²) in [5.41, 5.74) is 2.68. The van der Waals surface area contributed by atoms with E-state index in [-0.39, 0.29) is 6.04 Å². The van der Waals surface area contributed by atoms with Crippen LogP contribution in [0.2, 0.25) is 0 Å². The molecule has 0 saturated heterocycles. The Morgan fingerprint density at radius 2 is 2.11 bits per heavy atom. The molecular weight excluding hydrogens is 254 g/mol. The second-order valence-corrected chi connectivity index (χ2v) is 5.39. The molecule has 0 amide bonds. The first kappa shape index (κ1) is 14.1. The Hall–Kier alpha value is -1.32. The van der Waals surface area contributed by atoms with Crippen LogP contribution in [0.1, 0.15) is 35.9 Å². The van der Waals surface area contributed by atoms with Crippen molar-refractivity contribution in [3.63, 3.8) is 0 Å². The predicted molar refractivity (Wildman–Crippen MR) is 82.2 cm³/mol. The van der Waals surface area contributed by atoms with Gasteiger partial charge in [0.05, 0.1) is 18.0 Å². The second kappa shape index (κ2) is 6.73. The standard InChI is InChI=1S/C16H21NOS/c1-4-12-7-6-8-13(11-12)15(17-5-2)16-14(18-3)9-10-19-16/h6-11,15,17H,4-5H2,1-3H3. The number of rotatable bonds is 6. The highest BCUT2D eigenvalue weighted by atomic mass is 32.1. The summed E-state index contributed by atoms with van der Waals surface area (Å²) in [7, 11) is 1.73. The summed E-state index contributed by atoms with van der Waals surface area (Å²) in [5, 5.41) is 5.64. The third kappa shape index (κ3) is 3.17. The van der Waals surface area contributed by atoms with E-state index < -0.39 is 0 Å². The summed E-state index contributed by atoms with van der Waals surface area (Å²) in [5.74, 6) is 0.970. The Morgan fingerprint density at radius 1 is 1.26 bits per heavy atom. The zero-order chi connectivity index (χ0) is 13.7. The van der Waals surface area contributed by atoms with Gasteiger partial charge in [0, 0.05) is 0 Å². The van der Waals surface area contributed by atoms with Gasteiger partial charge in [-0.15, -0.1) is 11.3 Å². The molecule has 2 rings (SSSR count).